The zero-order chi connectivity index (χ0) is 19.6. The smallest absolute Gasteiger partial charge is 0.345 e. The SMILES string of the molecule is COc1cc(/C=C2\NC(=S)NC2=O)ccc1OC(=O)c1ccc(Cl)cc1Cl. The van der Waals surface area contributed by atoms with Crippen LogP contribution in [0.1, 0.15) is 15.9 Å². The largest absolute Gasteiger partial charge is 0.493 e. The van der Waals surface area contributed by atoms with E-state index in [9.17, 15) is 9.59 Å². The molecule has 0 unspecified atom stereocenters. The number of esters is 1. The molecule has 0 bridgehead atoms. The number of ether oxygens (including phenoxy) is 2. The van der Waals surface area contributed by atoms with Crippen LogP contribution in [-0.2, 0) is 4.79 Å². The van der Waals surface area contributed by atoms with Crippen LogP contribution >= 0.6 is 35.4 Å². The maximum Gasteiger partial charge on any atom is 0.345 e. The normalized spacial score (nSPS) is 14.7. The molecule has 0 aromatic heterocycles. The second kappa shape index (κ2) is 7.96. The molecule has 9 heteroatoms. The maximum absolute atomic E-state index is 12.4. The Hall–Kier alpha value is -2.61. The molecule has 0 saturated carbocycles. The second-order valence-corrected chi connectivity index (χ2v) is 6.64. The quantitative estimate of drug-likeness (QED) is 0.339. The topological polar surface area (TPSA) is 76.7 Å². The molecule has 1 amide bonds. The third kappa shape index (κ3) is 4.39. The van der Waals surface area contributed by atoms with Crippen LogP contribution in [-0.4, -0.2) is 24.1 Å². The molecule has 2 aromatic rings. The van der Waals surface area contributed by atoms with Crippen LogP contribution in [0, 0.1) is 0 Å². The van der Waals surface area contributed by atoms with Gasteiger partial charge in [-0.3, -0.25) is 10.1 Å². The van der Waals surface area contributed by atoms with Crippen LogP contribution in [0.3, 0.4) is 0 Å². The number of hydrogen-bond acceptors (Lipinski definition) is 5. The van der Waals surface area contributed by atoms with Crippen LogP contribution in [0.25, 0.3) is 6.08 Å². The number of carbonyl (C=O) groups excluding carboxylic acids is 2. The first-order valence-corrected chi connectivity index (χ1v) is 8.73. The highest BCUT2D eigenvalue weighted by Crippen LogP contribution is 2.31. The maximum atomic E-state index is 12.4. The van der Waals surface area contributed by atoms with Gasteiger partial charge in [-0.05, 0) is 54.2 Å². The molecule has 1 saturated heterocycles. The molecule has 1 aliphatic heterocycles. The number of thiocarbonyl (C=S) groups is 1. The molecule has 138 valence electrons. The first-order chi connectivity index (χ1) is 12.9. The minimum absolute atomic E-state index is 0.176. The predicted molar refractivity (Wildman–Crippen MR) is 106 cm³/mol. The Balaban J connectivity index is 1.84. The lowest BCUT2D eigenvalue weighted by Crippen LogP contribution is -2.21. The molecule has 1 heterocycles. The fourth-order valence-corrected chi connectivity index (χ4v) is 3.01. The van der Waals surface area contributed by atoms with Gasteiger partial charge in [-0.2, -0.15) is 0 Å². The van der Waals surface area contributed by atoms with Crippen LogP contribution < -0.4 is 20.1 Å². The number of nitrogens with one attached hydrogen (secondary N) is 2. The molecule has 1 aliphatic rings. The van der Waals surface area contributed by atoms with Crippen molar-refractivity contribution in [3.63, 3.8) is 0 Å². The molecule has 0 atom stereocenters. The molecule has 2 N–H and O–H groups in total. The van der Waals surface area contributed by atoms with Crippen molar-refractivity contribution in [1.29, 1.82) is 0 Å². The van der Waals surface area contributed by atoms with Gasteiger partial charge in [0.15, 0.2) is 16.6 Å². The van der Waals surface area contributed by atoms with E-state index >= 15 is 0 Å². The van der Waals surface area contributed by atoms with Gasteiger partial charge in [0.2, 0.25) is 0 Å². The highest BCUT2D eigenvalue weighted by atomic mass is 35.5. The molecule has 0 spiro atoms. The number of halogens is 2. The van der Waals surface area contributed by atoms with E-state index in [4.69, 9.17) is 44.9 Å². The number of benzene rings is 2. The van der Waals surface area contributed by atoms with Gasteiger partial charge in [0, 0.05) is 5.02 Å². The molecule has 27 heavy (non-hydrogen) atoms. The van der Waals surface area contributed by atoms with Gasteiger partial charge in [-0.15, -0.1) is 0 Å². The van der Waals surface area contributed by atoms with Gasteiger partial charge in [-0.25, -0.2) is 4.79 Å². The number of carbonyl (C=O) groups is 2. The average molecular weight is 423 g/mol. The van der Waals surface area contributed by atoms with Gasteiger partial charge in [0.25, 0.3) is 5.91 Å². The van der Waals surface area contributed by atoms with Crippen molar-refractivity contribution in [2.45, 2.75) is 0 Å². The Morgan fingerprint density at radius 3 is 2.52 bits per heavy atom. The third-order valence-electron chi connectivity index (χ3n) is 3.57. The van der Waals surface area contributed by atoms with Crippen molar-refractivity contribution >= 4 is 58.5 Å². The van der Waals surface area contributed by atoms with Gasteiger partial charge in [0.05, 0.1) is 17.7 Å². The zero-order valence-electron chi connectivity index (χ0n) is 13.8. The van der Waals surface area contributed by atoms with Crippen molar-refractivity contribution in [3.8, 4) is 11.5 Å². The van der Waals surface area contributed by atoms with Crippen LogP contribution in [0.2, 0.25) is 10.0 Å². The van der Waals surface area contributed by atoms with E-state index in [0.717, 1.165) is 0 Å². The summed E-state index contributed by atoms with van der Waals surface area (Å²) in [6.45, 7) is 0. The summed E-state index contributed by atoms with van der Waals surface area (Å²) in [7, 11) is 1.44. The molecule has 2 aromatic carbocycles. The van der Waals surface area contributed by atoms with E-state index in [1.807, 2.05) is 0 Å². The van der Waals surface area contributed by atoms with Gasteiger partial charge in [0.1, 0.15) is 5.70 Å². The van der Waals surface area contributed by atoms with E-state index in [0.29, 0.717) is 22.0 Å². The average Bonchev–Trinajstić information content (AvgIpc) is 2.93. The first-order valence-electron chi connectivity index (χ1n) is 7.56. The molecule has 3 rings (SSSR count). The molecule has 0 radical (unpaired) electrons. The molecule has 1 fully saturated rings. The van der Waals surface area contributed by atoms with Gasteiger partial charge < -0.3 is 14.8 Å². The summed E-state index contributed by atoms with van der Waals surface area (Å²) in [6, 6.07) is 9.31. The Morgan fingerprint density at radius 2 is 1.89 bits per heavy atom. The molecule has 6 nitrogen and oxygen atoms in total. The fourth-order valence-electron chi connectivity index (χ4n) is 2.32. The standard InChI is InChI=1S/C18H12Cl2N2O4S/c1-25-15-7-9(6-13-16(23)22-18(27)21-13)2-5-14(15)26-17(24)11-4-3-10(19)8-12(11)20/h2-8H,1H3,(H2,21,22,23,27)/b13-6-. The van der Waals surface area contributed by atoms with Crippen LogP contribution in [0.5, 0.6) is 11.5 Å². The summed E-state index contributed by atoms with van der Waals surface area (Å²) in [5.74, 6) is -0.464. The summed E-state index contributed by atoms with van der Waals surface area (Å²) in [5, 5.41) is 6.05. The van der Waals surface area contributed by atoms with E-state index < -0.39 is 5.97 Å². The highest BCUT2D eigenvalue weighted by Gasteiger charge is 2.20. The lowest BCUT2D eigenvalue weighted by molar-refractivity contribution is -0.115. The van der Waals surface area contributed by atoms with E-state index in [2.05, 4.69) is 10.6 Å². The van der Waals surface area contributed by atoms with Crippen molar-refractivity contribution in [2.24, 2.45) is 0 Å². The second-order valence-electron chi connectivity index (χ2n) is 5.39. The van der Waals surface area contributed by atoms with Crippen molar-refractivity contribution < 1.29 is 19.1 Å². The summed E-state index contributed by atoms with van der Waals surface area (Å²) in [5.41, 5.74) is 1.13. The number of rotatable bonds is 4. The van der Waals surface area contributed by atoms with Crippen molar-refractivity contribution in [3.05, 3.63) is 63.3 Å². The van der Waals surface area contributed by atoms with E-state index in [-0.39, 0.29) is 27.4 Å². The van der Waals surface area contributed by atoms with Gasteiger partial charge in [-0.1, -0.05) is 29.3 Å². The molecular weight excluding hydrogens is 411 g/mol. The molecule has 0 aliphatic carbocycles. The predicted octanol–water partition coefficient (Wildman–Crippen LogP) is 3.57. The van der Waals surface area contributed by atoms with Crippen molar-refractivity contribution in [1.82, 2.24) is 10.6 Å². The van der Waals surface area contributed by atoms with Crippen molar-refractivity contribution in [2.75, 3.05) is 7.11 Å². The fraction of sp³-hybridized carbons (Fsp3) is 0.0556. The van der Waals surface area contributed by atoms with E-state index in [1.165, 1.54) is 19.2 Å². The number of methoxy groups -OCH3 is 1. The minimum Gasteiger partial charge on any atom is -0.493 e. The minimum atomic E-state index is -0.650. The highest BCUT2D eigenvalue weighted by molar-refractivity contribution is 7.80. The number of amides is 1. The van der Waals surface area contributed by atoms with Crippen LogP contribution in [0.15, 0.2) is 42.1 Å². The summed E-state index contributed by atoms with van der Waals surface area (Å²) in [6.07, 6.45) is 1.60. The Kier molecular flexibility index (Phi) is 5.65. The molecular formula is C18H12Cl2N2O4S. The lowest BCUT2D eigenvalue weighted by atomic mass is 10.1. The Morgan fingerprint density at radius 1 is 1.11 bits per heavy atom. The summed E-state index contributed by atoms with van der Waals surface area (Å²) in [4.78, 5) is 24.1. The Bertz CT molecular complexity index is 991. The van der Waals surface area contributed by atoms with Crippen LogP contribution in [0.4, 0.5) is 0 Å². The van der Waals surface area contributed by atoms with E-state index in [1.54, 1.807) is 30.3 Å². The van der Waals surface area contributed by atoms with Gasteiger partial charge >= 0.3 is 5.97 Å². The summed E-state index contributed by atoms with van der Waals surface area (Å²) < 4.78 is 10.7. The first kappa shape index (κ1) is 19.2. The summed E-state index contributed by atoms with van der Waals surface area (Å²) >= 11 is 16.7. The zero-order valence-corrected chi connectivity index (χ0v) is 16.2. The number of hydrogen-bond donors (Lipinski definition) is 2. The Labute approximate surface area is 170 Å². The lowest BCUT2D eigenvalue weighted by Gasteiger charge is -2.11. The monoisotopic (exact) mass is 422 g/mol. The third-order valence-corrected chi connectivity index (χ3v) is 4.32.